The second-order valence-electron chi connectivity index (χ2n) is 10.3. The number of fused-ring (bicyclic) bond motifs is 1. The second-order valence-corrected chi connectivity index (χ2v) is 10.3. The van der Waals surface area contributed by atoms with E-state index in [2.05, 4.69) is 5.32 Å². The molecule has 1 saturated heterocycles. The van der Waals surface area contributed by atoms with Gasteiger partial charge in [-0.3, -0.25) is 4.79 Å². The van der Waals surface area contributed by atoms with Crippen molar-refractivity contribution in [2.24, 2.45) is 0 Å². The monoisotopic (exact) mass is 547 g/mol. The van der Waals surface area contributed by atoms with E-state index in [1.54, 1.807) is 62.6 Å². The first-order valence-corrected chi connectivity index (χ1v) is 12.9. The lowest BCUT2D eigenvalue weighted by molar-refractivity contribution is -0.233. The smallest absolute Gasteiger partial charge is 0.364 e. The predicted molar refractivity (Wildman–Crippen MR) is 148 cm³/mol. The molecule has 1 amide bonds. The van der Waals surface area contributed by atoms with E-state index in [1.165, 1.54) is 12.1 Å². The molecule has 40 heavy (non-hydrogen) atoms. The first kappa shape index (κ1) is 27.4. The van der Waals surface area contributed by atoms with Crippen molar-refractivity contribution in [3.63, 3.8) is 0 Å². The van der Waals surface area contributed by atoms with Crippen molar-refractivity contribution in [3.05, 3.63) is 88.0 Å². The van der Waals surface area contributed by atoms with Crippen molar-refractivity contribution < 1.29 is 32.9 Å². The Bertz CT molecular complexity index is 1630. The van der Waals surface area contributed by atoms with Gasteiger partial charge in [0, 0.05) is 24.7 Å². The lowest BCUT2D eigenvalue weighted by Gasteiger charge is -2.41. The van der Waals surface area contributed by atoms with Gasteiger partial charge in [0.15, 0.2) is 11.4 Å². The molecule has 0 radical (unpaired) electrons. The number of rotatable bonds is 6. The molecule has 0 bridgehead atoms. The molecule has 2 heterocycles. The fraction of sp³-hybridized carbons (Fsp3) is 0.290. The number of anilines is 1. The highest BCUT2D eigenvalue weighted by molar-refractivity contribution is 6.07. The van der Waals surface area contributed by atoms with Crippen LogP contribution in [0.25, 0.3) is 22.1 Å². The molecule has 2 atom stereocenters. The van der Waals surface area contributed by atoms with Gasteiger partial charge >= 0.3 is 5.63 Å². The number of hydrogen-bond donors (Lipinski definition) is 2. The minimum absolute atomic E-state index is 0.0564. The van der Waals surface area contributed by atoms with Crippen molar-refractivity contribution >= 4 is 22.6 Å². The molecule has 2 N–H and O–H groups in total. The minimum Gasteiger partial charge on any atom is -0.505 e. The first-order chi connectivity index (χ1) is 19.1. The number of carbonyl (C=O) groups excluding carboxylic acids is 1. The van der Waals surface area contributed by atoms with Crippen LogP contribution in [0, 0.1) is 12.7 Å². The largest absolute Gasteiger partial charge is 0.505 e. The van der Waals surface area contributed by atoms with E-state index in [0.717, 1.165) is 12.0 Å². The van der Waals surface area contributed by atoms with Crippen LogP contribution in [0.5, 0.6) is 11.5 Å². The fourth-order valence-electron chi connectivity index (χ4n) is 5.01. The Morgan fingerprint density at radius 1 is 1.07 bits per heavy atom. The number of aromatic hydroxyl groups is 1. The molecule has 1 fully saturated rings. The molecule has 1 aliphatic heterocycles. The fourth-order valence-corrected chi connectivity index (χ4v) is 5.01. The van der Waals surface area contributed by atoms with Crippen molar-refractivity contribution in [2.75, 3.05) is 12.4 Å². The number of halogens is 1. The number of amides is 1. The summed E-state index contributed by atoms with van der Waals surface area (Å²) in [5.41, 5.74) is 0.468. The predicted octanol–water partition coefficient (Wildman–Crippen LogP) is 6.17. The Morgan fingerprint density at radius 2 is 1.82 bits per heavy atom. The van der Waals surface area contributed by atoms with Crippen LogP contribution in [0.1, 0.15) is 42.6 Å². The molecule has 2 unspecified atom stereocenters. The summed E-state index contributed by atoms with van der Waals surface area (Å²) in [7, 11) is 1.65. The summed E-state index contributed by atoms with van der Waals surface area (Å²) in [4.78, 5) is 25.9. The quantitative estimate of drug-likeness (QED) is 0.278. The number of carbonyl (C=O) groups is 1. The average Bonchev–Trinajstić information content (AvgIpc) is 2.93. The Morgan fingerprint density at radius 3 is 2.52 bits per heavy atom. The van der Waals surface area contributed by atoms with Crippen LogP contribution in [-0.4, -0.2) is 36.1 Å². The van der Waals surface area contributed by atoms with Crippen LogP contribution in [0.2, 0.25) is 0 Å². The van der Waals surface area contributed by atoms with Crippen LogP contribution in [0.4, 0.5) is 10.1 Å². The summed E-state index contributed by atoms with van der Waals surface area (Å²) in [6.07, 6.45) is 0.787. The van der Waals surface area contributed by atoms with E-state index < -0.39 is 29.2 Å². The third-order valence-corrected chi connectivity index (χ3v) is 7.21. The number of methoxy groups -OCH3 is 1. The van der Waals surface area contributed by atoms with Gasteiger partial charge in [-0.1, -0.05) is 24.3 Å². The highest BCUT2D eigenvalue weighted by Gasteiger charge is 2.39. The molecule has 0 spiro atoms. The SMILES string of the molecule is COC1CCC(Oc2ccc3c(O)c(NC(=O)c4cccc(-c5ccc(F)cc5)c4)c(=O)oc3c2C)OC1(C)C. The maximum atomic E-state index is 13.3. The van der Waals surface area contributed by atoms with Crippen LogP contribution in [0.3, 0.4) is 0 Å². The van der Waals surface area contributed by atoms with E-state index in [4.69, 9.17) is 18.6 Å². The summed E-state index contributed by atoms with van der Waals surface area (Å²) in [6, 6.07) is 15.7. The van der Waals surface area contributed by atoms with E-state index in [0.29, 0.717) is 23.3 Å². The van der Waals surface area contributed by atoms with Crippen molar-refractivity contribution in [1.82, 2.24) is 0 Å². The molecule has 208 valence electrons. The van der Waals surface area contributed by atoms with Gasteiger partial charge in [-0.25, -0.2) is 9.18 Å². The first-order valence-electron chi connectivity index (χ1n) is 12.9. The number of benzene rings is 3. The Labute approximate surface area is 230 Å². The highest BCUT2D eigenvalue weighted by Crippen LogP contribution is 2.37. The lowest BCUT2D eigenvalue weighted by Crippen LogP contribution is -2.49. The average molecular weight is 548 g/mol. The molecule has 5 rings (SSSR count). The zero-order chi connectivity index (χ0) is 28.6. The number of nitrogens with one attached hydrogen (secondary N) is 1. The van der Waals surface area contributed by atoms with Crippen LogP contribution >= 0.6 is 0 Å². The summed E-state index contributed by atoms with van der Waals surface area (Å²) >= 11 is 0. The van der Waals surface area contributed by atoms with Gasteiger partial charge in [0.05, 0.1) is 17.1 Å². The van der Waals surface area contributed by atoms with Crippen molar-refractivity contribution in [2.45, 2.75) is 51.6 Å². The van der Waals surface area contributed by atoms with Crippen LogP contribution < -0.4 is 15.7 Å². The minimum atomic E-state index is -0.911. The molecular formula is C31H30FNO7. The van der Waals surface area contributed by atoms with Gasteiger partial charge in [-0.15, -0.1) is 0 Å². The van der Waals surface area contributed by atoms with Gasteiger partial charge < -0.3 is 29.1 Å². The van der Waals surface area contributed by atoms with Gasteiger partial charge in [0.1, 0.15) is 17.1 Å². The number of hydrogen-bond acceptors (Lipinski definition) is 7. The zero-order valence-electron chi connectivity index (χ0n) is 22.6. The molecule has 0 aliphatic carbocycles. The standard InChI is InChI=1S/C31H30FNO7/c1-17-23(38-25-15-14-24(37-4)31(2,3)40-25)13-12-22-27(34)26(30(36)39-28(17)22)33-29(35)20-7-5-6-19(16-20)18-8-10-21(32)11-9-18/h5-13,16,24-25,34H,14-15H2,1-4H3,(H,33,35). The van der Waals surface area contributed by atoms with Gasteiger partial charge in [0.2, 0.25) is 6.29 Å². The molecule has 3 aromatic carbocycles. The number of ether oxygens (including phenoxy) is 3. The highest BCUT2D eigenvalue weighted by atomic mass is 19.1. The molecule has 1 aromatic heterocycles. The molecule has 9 heteroatoms. The van der Waals surface area contributed by atoms with Crippen LogP contribution in [0.15, 0.2) is 69.9 Å². The number of aryl methyl sites for hydroxylation is 1. The Kier molecular flexibility index (Phi) is 7.35. The van der Waals surface area contributed by atoms with Crippen molar-refractivity contribution in [3.8, 4) is 22.6 Å². The lowest BCUT2D eigenvalue weighted by atomic mass is 9.94. The normalized spacial score (nSPS) is 18.4. The summed E-state index contributed by atoms with van der Waals surface area (Å²) in [5, 5.41) is 13.7. The maximum Gasteiger partial charge on any atom is 0.364 e. The molecular weight excluding hydrogens is 517 g/mol. The summed E-state index contributed by atoms with van der Waals surface area (Å²) in [5.74, 6) is -0.950. The van der Waals surface area contributed by atoms with Gasteiger partial charge in [-0.05, 0) is 74.7 Å². The Hall–Kier alpha value is -4.21. The molecule has 1 aliphatic rings. The van der Waals surface area contributed by atoms with E-state index >= 15 is 0 Å². The third-order valence-electron chi connectivity index (χ3n) is 7.21. The summed E-state index contributed by atoms with van der Waals surface area (Å²) < 4.78 is 36.5. The van der Waals surface area contributed by atoms with E-state index in [-0.39, 0.29) is 34.1 Å². The van der Waals surface area contributed by atoms with E-state index in [9.17, 15) is 19.1 Å². The Balaban J connectivity index is 1.39. The molecule has 0 saturated carbocycles. The second kappa shape index (κ2) is 10.7. The van der Waals surface area contributed by atoms with Crippen molar-refractivity contribution in [1.29, 1.82) is 0 Å². The van der Waals surface area contributed by atoms with Crippen LogP contribution in [-0.2, 0) is 9.47 Å². The molecule has 8 nitrogen and oxygen atoms in total. The van der Waals surface area contributed by atoms with Gasteiger partial charge in [-0.2, -0.15) is 0 Å². The van der Waals surface area contributed by atoms with E-state index in [1.807, 2.05) is 13.8 Å². The third kappa shape index (κ3) is 5.30. The maximum absolute atomic E-state index is 13.3. The van der Waals surface area contributed by atoms with Gasteiger partial charge in [0.25, 0.3) is 5.91 Å². The topological polar surface area (TPSA) is 107 Å². The zero-order valence-corrected chi connectivity index (χ0v) is 22.6. The summed E-state index contributed by atoms with van der Waals surface area (Å²) in [6.45, 7) is 5.59. The molecule has 4 aromatic rings.